The maximum absolute atomic E-state index is 11.6. The molecule has 0 aliphatic heterocycles. The Bertz CT molecular complexity index is 394. The van der Waals surface area contributed by atoms with Crippen LogP contribution in [0.4, 0.5) is 0 Å². The molecule has 0 aromatic heterocycles. The summed E-state index contributed by atoms with van der Waals surface area (Å²) in [5.74, 6) is 5.18. The van der Waals surface area contributed by atoms with Crippen molar-refractivity contribution in [2.75, 3.05) is 7.11 Å². The predicted octanol–water partition coefficient (Wildman–Crippen LogP) is 2.30. The van der Waals surface area contributed by atoms with Crippen LogP contribution in [-0.4, -0.2) is 18.5 Å². The quantitative estimate of drug-likeness (QED) is 0.418. The summed E-state index contributed by atoms with van der Waals surface area (Å²) in [6.07, 6.45) is 0. The number of carbonyl (C=O) groups excluding carboxylic acids is 1. The van der Waals surface area contributed by atoms with Gasteiger partial charge in [0.2, 0.25) is 5.78 Å². The molecule has 0 spiro atoms. The van der Waals surface area contributed by atoms with Gasteiger partial charge in [0.05, 0.1) is 0 Å². The molecule has 1 aromatic carbocycles. The Balaban J connectivity index is 2.81. The average Bonchev–Trinajstić information content (AvgIpc) is 2.27. The van der Waals surface area contributed by atoms with Crippen molar-refractivity contribution in [3.8, 4) is 11.8 Å². The van der Waals surface area contributed by atoms with Crippen molar-refractivity contribution in [1.82, 2.24) is 0 Å². The molecule has 1 aromatic rings. The first-order valence-corrected chi connectivity index (χ1v) is 4.73. The van der Waals surface area contributed by atoms with Crippen LogP contribution in [0.3, 0.4) is 0 Å². The first-order chi connectivity index (χ1) is 7.05. The van der Waals surface area contributed by atoms with Gasteiger partial charge in [0.25, 0.3) is 0 Å². The van der Waals surface area contributed by atoms with E-state index in [1.165, 1.54) is 0 Å². The molecular formula is C13H14O2. The van der Waals surface area contributed by atoms with Crippen LogP contribution < -0.4 is 0 Å². The van der Waals surface area contributed by atoms with Crippen LogP contribution in [0.25, 0.3) is 0 Å². The molecule has 0 saturated heterocycles. The summed E-state index contributed by atoms with van der Waals surface area (Å²) < 4.78 is 5.10. The number of benzene rings is 1. The summed E-state index contributed by atoms with van der Waals surface area (Å²) in [7, 11) is 1.57. The van der Waals surface area contributed by atoms with Crippen molar-refractivity contribution < 1.29 is 9.53 Å². The molecule has 0 atom stereocenters. The summed E-state index contributed by atoms with van der Waals surface area (Å²) in [6.45, 7) is 3.64. The fourth-order valence-corrected chi connectivity index (χ4v) is 0.920. The van der Waals surface area contributed by atoms with Crippen LogP contribution in [0, 0.1) is 11.8 Å². The van der Waals surface area contributed by atoms with Gasteiger partial charge >= 0.3 is 0 Å². The normalized spacial score (nSPS) is 10.3. The van der Waals surface area contributed by atoms with Crippen LogP contribution in [0.1, 0.15) is 24.2 Å². The van der Waals surface area contributed by atoms with E-state index in [-0.39, 0.29) is 5.78 Å². The third-order valence-electron chi connectivity index (χ3n) is 2.02. The highest BCUT2D eigenvalue weighted by Gasteiger charge is 2.11. The first kappa shape index (κ1) is 11.5. The van der Waals surface area contributed by atoms with E-state index in [2.05, 4.69) is 11.8 Å². The highest BCUT2D eigenvalue weighted by Crippen LogP contribution is 2.05. The van der Waals surface area contributed by atoms with E-state index in [1.807, 2.05) is 32.0 Å². The van der Waals surface area contributed by atoms with E-state index in [0.29, 0.717) is 5.56 Å². The Labute approximate surface area is 90.3 Å². The molecule has 2 nitrogen and oxygen atoms in total. The molecule has 0 N–H and O–H groups in total. The summed E-state index contributed by atoms with van der Waals surface area (Å²) in [4.78, 5) is 11.6. The Kier molecular flexibility index (Phi) is 3.65. The van der Waals surface area contributed by atoms with Crippen LogP contribution in [0.15, 0.2) is 30.3 Å². The minimum atomic E-state index is -0.579. The van der Waals surface area contributed by atoms with Crippen molar-refractivity contribution in [3.63, 3.8) is 0 Å². The summed E-state index contributed by atoms with van der Waals surface area (Å²) in [6, 6.07) is 8.99. The van der Waals surface area contributed by atoms with Crippen molar-refractivity contribution in [2.24, 2.45) is 0 Å². The number of hydrogen-bond donors (Lipinski definition) is 0. The van der Waals surface area contributed by atoms with Gasteiger partial charge in [-0.05, 0) is 19.8 Å². The Morgan fingerprint density at radius 3 is 2.40 bits per heavy atom. The lowest BCUT2D eigenvalue weighted by atomic mass is 10.1. The molecule has 0 fully saturated rings. The van der Waals surface area contributed by atoms with Crippen LogP contribution >= 0.6 is 0 Å². The highest BCUT2D eigenvalue weighted by molar-refractivity contribution is 6.09. The number of ketones is 1. The summed E-state index contributed by atoms with van der Waals surface area (Å²) >= 11 is 0. The molecule has 0 aliphatic rings. The lowest BCUT2D eigenvalue weighted by Gasteiger charge is -2.13. The van der Waals surface area contributed by atoms with Crippen LogP contribution in [0.5, 0.6) is 0 Å². The molecule has 0 bridgehead atoms. The van der Waals surface area contributed by atoms with Gasteiger partial charge in [0.1, 0.15) is 5.60 Å². The fraction of sp³-hybridized carbons (Fsp3) is 0.308. The minimum Gasteiger partial charge on any atom is -0.366 e. The second-order valence-electron chi connectivity index (χ2n) is 3.66. The predicted molar refractivity (Wildman–Crippen MR) is 59.6 cm³/mol. The Hall–Kier alpha value is -1.59. The number of methoxy groups -OCH3 is 1. The highest BCUT2D eigenvalue weighted by atomic mass is 16.5. The average molecular weight is 202 g/mol. The van der Waals surface area contributed by atoms with Gasteiger partial charge < -0.3 is 4.74 Å². The molecule has 0 amide bonds. The van der Waals surface area contributed by atoms with Gasteiger partial charge in [-0.2, -0.15) is 0 Å². The van der Waals surface area contributed by atoms with Crippen molar-refractivity contribution in [3.05, 3.63) is 35.9 Å². The second-order valence-corrected chi connectivity index (χ2v) is 3.66. The molecule has 0 saturated carbocycles. The Morgan fingerprint density at radius 1 is 1.27 bits per heavy atom. The minimum absolute atomic E-state index is 0.180. The maximum atomic E-state index is 11.6. The molecule has 0 unspecified atom stereocenters. The molecule has 1 rings (SSSR count). The number of carbonyl (C=O) groups is 1. The van der Waals surface area contributed by atoms with Gasteiger partial charge in [0.15, 0.2) is 0 Å². The van der Waals surface area contributed by atoms with Gasteiger partial charge in [-0.1, -0.05) is 36.3 Å². The van der Waals surface area contributed by atoms with E-state index >= 15 is 0 Å². The fourth-order valence-electron chi connectivity index (χ4n) is 0.920. The van der Waals surface area contributed by atoms with E-state index in [1.54, 1.807) is 19.2 Å². The van der Waals surface area contributed by atoms with E-state index < -0.39 is 5.60 Å². The smallest absolute Gasteiger partial charge is 0.235 e. The monoisotopic (exact) mass is 202 g/mol. The molecule has 78 valence electrons. The molecule has 0 aliphatic carbocycles. The molecule has 0 heterocycles. The second kappa shape index (κ2) is 4.77. The zero-order valence-corrected chi connectivity index (χ0v) is 9.20. The first-order valence-electron chi connectivity index (χ1n) is 4.73. The number of ether oxygens (including phenoxy) is 1. The van der Waals surface area contributed by atoms with Gasteiger partial charge in [-0.25, -0.2) is 0 Å². The lowest BCUT2D eigenvalue weighted by molar-refractivity contribution is 0.0738. The lowest BCUT2D eigenvalue weighted by Crippen LogP contribution is -2.19. The van der Waals surface area contributed by atoms with Crippen LogP contribution in [0.2, 0.25) is 0 Å². The number of rotatable bonds is 2. The molecule has 2 heteroatoms. The van der Waals surface area contributed by atoms with E-state index in [9.17, 15) is 4.79 Å². The van der Waals surface area contributed by atoms with Crippen molar-refractivity contribution in [2.45, 2.75) is 19.4 Å². The Morgan fingerprint density at radius 2 is 1.87 bits per heavy atom. The zero-order valence-electron chi connectivity index (χ0n) is 9.20. The number of hydrogen-bond acceptors (Lipinski definition) is 2. The number of Topliss-reactive ketones (excluding diaryl/α,β-unsaturated/α-hetero) is 1. The van der Waals surface area contributed by atoms with Crippen LogP contribution in [-0.2, 0) is 4.74 Å². The van der Waals surface area contributed by atoms with E-state index in [0.717, 1.165) is 0 Å². The van der Waals surface area contributed by atoms with Crippen molar-refractivity contribution >= 4 is 5.78 Å². The summed E-state index contributed by atoms with van der Waals surface area (Å²) in [5, 5.41) is 0. The standard InChI is InChI=1S/C13H14O2/c1-13(2,15-3)10-9-12(14)11-7-5-4-6-8-11/h4-8H,1-3H3. The zero-order chi connectivity index (χ0) is 11.3. The van der Waals surface area contributed by atoms with Crippen molar-refractivity contribution in [1.29, 1.82) is 0 Å². The van der Waals surface area contributed by atoms with Gasteiger partial charge in [0, 0.05) is 12.7 Å². The SMILES string of the molecule is COC(C)(C)C#CC(=O)c1ccccc1. The summed E-state index contributed by atoms with van der Waals surface area (Å²) in [5.41, 5.74) is 0.0293. The third-order valence-corrected chi connectivity index (χ3v) is 2.02. The molecule has 0 radical (unpaired) electrons. The largest absolute Gasteiger partial charge is 0.366 e. The van der Waals surface area contributed by atoms with Gasteiger partial charge in [-0.3, -0.25) is 4.79 Å². The molecular weight excluding hydrogens is 188 g/mol. The molecule has 15 heavy (non-hydrogen) atoms. The maximum Gasteiger partial charge on any atom is 0.235 e. The van der Waals surface area contributed by atoms with Gasteiger partial charge in [-0.15, -0.1) is 0 Å². The third kappa shape index (κ3) is 3.57. The topological polar surface area (TPSA) is 26.3 Å². The van der Waals surface area contributed by atoms with E-state index in [4.69, 9.17) is 4.74 Å².